The summed E-state index contributed by atoms with van der Waals surface area (Å²) in [5.41, 5.74) is 1.99. The molecule has 1 aliphatic rings. The van der Waals surface area contributed by atoms with Crippen LogP contribution in [0.4, 0.5) is 11.4 Å². The maximum absolute atomic E-state index is 12.3. The highest BCUT2D eigenvalue weighted by atomic mass is 16.5. The van der Waals surface area contributed by atoms with Crippen LogP contribution in [0, 0.1) is 5.92 Å². The van der Waals surface area contributed by atoms with Crippen LogP contribution in [-0.2, 0) is 9.53 Å². The summed E-state index contributed by atoms with van der Waals surface area (Å²) in [7, 11) is 5.35. The van der Waals surface area contributed by atoms with Crippen LogP contribution < -0.4 is 15.5 Å². The number of carbonyl (C=O) groups excluding carboxylic acids is 2. The minimum absolute atomic E-state index is 0.0309. The largest absolute Gasteiger partial charge is 0.383 e. The van der Waals surface area contributed by atoms with E-state index in [2.05, 4.69) is 10.6 Å². The first kappa shape index (κ1) is 16.3. The summed E-state index contributed by atoms with van der Waals surface area (Å²) in [4.78, 5) is 26.0. The van der Waals surface area contributed by atoms with E-state index in [1.807, 2.05) is 31.1 Å². The Balaban J connectivity index is 2.15. The van der Waals surface area contributed by atoms with Gasteiger partial charge in [0.2, 0.25) is 5.91 Å². The van der Waals surface area contributed by atoms with E-state index in [0.29, 0.717) is 24.4 Å². The van der Waals surface area contributed by atoms with Gasteiger partial charge < -0.3 is 20.3 Å². The Bertz CT molecular complexity index is 554. The Hall–Kier alpha value is -2.08. The number of hydrogen-bond acceptors (Lipinski definition) is 4. The second kappa shape index (κ2) is 7.26. The third-order valence-corrected chi connectivity index (χ3v) is 3.53. The van der Waals surface area contributed by atoms with Gasteiger partial charge in [-0.3, -0.25) is 9.59 Å². The van der Waals surface area contributed by atoms with Crippen LogP contribution in [0.5, 0.6) is 0 Å². The van der Waals surface area contributed by atoms with E-state index in [-0.39, 0.29) is 17.7 Å². The van der Waals surface area contributed by atoms with Gasteiger partial charge in [-0.1, -0.05) is 0 Å². The lowest BCUT2D eigenvalue weighted by atomic mass is 10.1. The van der Waals surface area contributed by atoms with E-state index in [9.17, 15) is 9.59 Å². The Labute approximate surface area is 130 Å². The van der Waals surface area contributed by atoms with Gasteiger partial charge in [0, 0.05) is 45.0 Å². The van der Waals surface area contributed by atoms with Crippen molar-refractivity contribution in [3.05, 3.63) is 23.8 Å². The summed E-state index contributed by atoms with van der Waals surface area (Å²) < 4.78 is 4.93. The van der Waals surface area contributed by atoms with E-state index in [0.717, 1.165) is 18.5 Å². The zero-order valence-electron chi connectivity index (χ0n) is 13.3. The molecule has 2 N–H and O–H groups in total. The van der Waals surface area contributed by atoms with Crippen LogP contribution in [0.25, 0.3) is 0 Å². The third kappa shape index (κ3) is 4.21. The van der Waals surface area contributed by atoms with E-state index in [1.54, 1.807) is 13.2 Å². The van der Waals surface area contributed by atoms with Crippen LogP contribution in [0.2, 0.25) is 0 Å². The van der Waals surface area contributed by atoms with Gasteiger partial charge >= 0.3 is 0 Å². The molecule has 1 fully saturated rings. The van der Waals surface area contributed by atoms with Crippen LogP contribution in [0.3, 0.4) is 0 Å². The molecule has 22 heavy (non-hydrogen) atoms. The number of hydrogen-bond donors (Lipinski definition) is 2. The monoisotopic (exact) mass is 305 g/mol. The van der Waals surface area contributed by atoms with E-state index >= 15 is 0 Å². The maximum atomic E-state index is 12.3. The second-order valence-corrected chi connectivity index (χ2v) is 5.64. The first-order chi connectivity index (χ1) is 10.5. The highest BCUT2D eigenvalue weighted by Gasteiger charge is 2.29. The second-order valence-electron chi connectivity index (χ2n) is 5.64. The zero-order valence-corrected chi connectivity index (χ0v) is 13.3. The minimum atomic E-state index is -0.178. The molecular formula is C16H23N3O3. The molecule has 1 aliphatic carbocycles. The first-order valence-corrected chi connectivity index (χ1v) is 7.42. The smallest absolute Gasteiger partial charge is 0.253 e. The highest BCUT2D eigenvalue weighted by Crippen LogP contribution is 2.31. The zero-order chi connectivity index (χ0) is 16.1. The molecule has 6 heteroatoms. The molecule has 0 aromatic heterocycles. The Kier molecular flexibility index (Phi) is 5.38. The molecule has 0 atom stereocenters. The standard InChI is InChI=1S/C16H23N3O3/c1-19(2)14-7-6-12(18-15(20)11-4-5-11)10-13(14)16(21)17-8-9-22-3/h6-7,10-11H,4-5,8-9H2,1-3H3,(H,17,21)(H,18,20). The molecule has 0 saturated heterocycles. The summed E-state index contributed by atoms with van der Waals surface area (Å²) in [5, 5.41) is 5.68. The summed E-state index contributed by atoms with van der Waals surface area (Å²) >= 11 is 0. The van der Waals surface area contributed by atoms with Crippen LogP contribution in [0.1, 0.15) is 23.2 Å². The van der Waals surface area contributed by atoms with Gasteiger partial charge in [0.15, 0.2) is 0 Å². The number of ether oxygens (including phenoxy) is 1. The molecule has 6 nitrogen and oxygen atoms in total. The summed E-state index contributed by atoms with van der Waals surface area (Å²) in [6.07, 6.45) is 1.90. The van der Waals surface area contributed by atoms with Crippen LogP contribution in [-0.4, -0.2) is 46.2 Å². The van der Waals surface area contributed by atoms with Gasteiger partial charge in [-0.2, -0.15) is 0 Å². The van der Waals surface area contributed by atoms with Crippen LogP contribution >= 0.6 is 0 Å². The van der Waals surface area contributed by atoms with Gasteiger partial charge in [0.1, 0.15) is 0 Å². The van der Waals surface area contributed by atoms with Crippen molar-refractivity contribution in [1.82, 2.24) is 5.32 Å². The molecular weight excluding hydrogens is 282 g/mol. The average Bonchev–Trinajstić information content (AvgIpc) is 3.31. The number of amides is 2. The number of nitrogens with zero attached hydrogens (tertiary/aromatic N) is 1. The topological polar surface area (TPSA) is 70.7 Å². The van der Waals surface area contributed by atoms with E-state index in [1.165, 1.54) is 0 Å². The van der Waals surface area contributed by atoms with Crippen molar-refractivity contribution >= 4 is 23.2 Å². The molecule has 1 saturated carbocycles. The summed E-state index contributed by atoms with van der Waals surface area (Å²) in [6, 6.07) is 5.38. The Morgan fingerprint density at radius 1 is 1.32 bits per heavy atom. The average molecular weight is 305 g/mol. The third-order valence-electron chi connectivity index (χ3n) is 3.53. The fourth-order valence-electron chi connectivity index (χ4n) is 2.14. The number of methoxy groups -OCH3 is 1. The quantitative estimate of drug-likeness (QED) is 0.749. The molecule has 0 spiro atoms. The summed E-state index contributed by atoms with van der Waals surface area (Å²) in [6.45, 7) is 0.905. The molecule has 2 amide bonds. The van der Waals surface area contributed by atoms with Gasteiger partial charge in [0.05, 0.1) is 12.2 Å². The van der Waals surface area contributed by atoms with Crippen molar-refractivity contribution in [2.45, 2.75) is 12.8 Å². The number of benzene rings is 1. The number of anilines is 2. The minimum Gasteiger partial charge on any atom is -0.383 e. The number of rotatable bonds is 7. The van der Waals surface area contributed by atoms with Crippen molar-refractivity contribution in [1.29, 1.82) is 0 Å². The molecule has 1 aromatic carbocycles. The Morgan fingerprint density at radius 2 is 2.05 bits per heavy atom. The van der Waals surface area contributed by atoms with Crippen molar-refractivity contribution in [2.75, 3.05) is 44.6 Å². The molecule has 0 unspecified atom stereocenters. The number of carbonyl (C=O) groups is 2. The highest BCUT2D eigenvalue weighted by molar-refractivity contribution is 6.02. The predicted octanol–water partition coefficient (Wildman–Crippen LogP) is 1.48. The predicted molar refractivity (Wildman–Crippen MR) is 86.3 cm³/mol. The molecule has 120 valence electrons. The summed E-state index contributed by atoms with van der Waals surface area (Å²) in [5.74, 6) is -0.0147. The van der Waals surface area contributed by atoms with Gasteiger partial charge in [0.25, 0.3) is 5.91 Å². The van der Waals surface area contributed by atoms with Gasteiger partial charge in [-0.15, -0.1) is 0 Å². The maximum Gasteiger partial charge on any atom is 0.253 e. The Morgan fingerprint density at radius 3 is 2.64 bits per heavy atom. The van der Waals surface area contributed by atoms with Crippen molar-refractivity contribution in [3.8, 4) is 0 Å². The fraction of sp³-hybridized carbons (Fsp3) is 0.500. The van der Waals surface area contributed by atoms with Crippen LogP contribution in [0.15, 0.2) is 18.2 Å². The SMILES string of the molecule is COCCNC(=O)c1cc(NC(=O)C2CC2)ccc1N(C)C. The lowest BCUT2D eigenvalue weighted by Gasteiger charge is -2.18. The molecule has 0 bridgehead atoms. The van der Waals surface area contributed by atoms with Crippen molar-refractivity contribution in [2.24, 2.45) is 5.92 Å². The fourth-order valence-corrected chi connectivity index (χ4v) is 2.14. The van der Waals surface area contributed by atoms with Crippen molar-refractivity contribution < 1.29 is 14.3 Å². The molecule has 2 rings (SSSR count). The molecule has 0 radical (unpaired) electrons. The van der Waals surface area contributed by atoms with Gasteiger partial charge in [-0.05, 0) is 31.0 Å². The first-order valence-electron chi connectivity index (χ1n) is 7.42. The molecule has 1 aromatic rings. The van der Waals surface area contributed by atoms with E-state index in [4.69, 9.17) is 4.74 Å². The van der Waals surface area contributed by atoms with E-state index < -0.39 is 0 Å². The van der Waals surface area contributed by atoms with Crippen molar-refractivity contribution in [3.63, 3.8) is 0 Å². The molecule has 0 heterocycles. The number of nitrogens with one attached hydrogen (secondary N) is 2. The lowest BCUT2D eigenvalue weighted by molar-refractivity contribution is -0.117. The molecule has 0 aliphatic heterocycles. The lowest BCUT2D eigenvalue weighted by Crippen LogP contribution is -2.29. The normalized spacial score (nSPS) is 13.6. The van der Waals surface area contributed by atoms with Gasteiger partial charge in [-0.25, -0.2) is 0 Å².